The summed E-state index contributed by atoms with van der Waals surface area (Å²) < 4.78 is 0. The van der Waals surface area contributed by atoms with Crippen LogP contribution < -0.4 is 5.73 Å². The molecule has 0 spiro atoms. The SMILES string of the molecule is NC(Cc1nccs1)c1ccc2ccccc2n1. The van der Waals surface area contributed by atoms with Gasteiger partial charge < -0.3 is 5.73 Å². The molecule has 0 fully saturated rings. The maximum absolute atomic E-state index is 6.18. The Bertz CT molecular complexity index is 649. The Morgan fingerprint density at radius 1 is 1.17 bits per heavy atom. The van der Waals surface area contributed by atoms with Gasteiger partial charge in [-0.2, -0.15) is 0 Å². The van der Waals surface area contributed by atoms with Gasteiger partial charge in [-0.15, -0.1) is 11.3 Å². The maximum atomic E-state index is 6.18. The average molecular weight is 255 g/mol. The van der Waals surface area contributed by atoms with Crippen molar-refractivity contribution in [1.82, 2.24) is 9.97 Å². The van der Waals surface area contributed by atoms with Gasteiger partial charge in [0.15, 0.2) is 0 Å². The molecule has 3 rings (SSSR count). The monoisotopic (exact) mass is 255 g/mol. The Labute approximate surface area is 109 Å². The third-order valence-corrected chi connectivity index (χ3v) is 3.68. The van der Waals surface area contributed by atoms with Gasteiger partial charge >= 0.3 is 0 Å². The lowest BCUT2D eigenvalue weighted by Gasteiger charge is -2.10. The number of aromatic nitrogens is 2. The number of hydrogen-bond donors (Lipinski definition) is 1. The van der Waals surface area contributed by atoms with Crippen molar-refractivity contribution in [1.29, 1.82) is 0 Å². The van der Waals surface area contributed by atoms with Gasteiger partial charge in [0.25, 0.3) is 0 Å². The molecule has 1 unspecified atom stereocenters. The quantitative estimate of drug-likeness (QED) is 0.783. The zero-order valence-electron chi connectivity index (χ0n) is 9.78. The van der Waals surface area contributed by atoms with Crippen molar-refractivity contribution in [2.75, 3.05) is 0 Å². The predicted molar refractivity (Wildman–Crippen MR) is 74.5 cm³/mol. The first-order valence-electron chi connectivity index (χ1n) is 5.82. The van der Waals surface area contributed by atoms with E-state index in [-0.39, 0.29) is 6.04 Å². The van der Waals surface area contributed by atoms with E-state index < -0.39 is 0 Å². The Morgan fingerprint density at radius 2 is 2.06 bits per heavy atom. The van der Waals surface area contributed by atoms with Crippen LogP contribution in [0.25, 0.3) is 10.9 Å². The van der Waals surface area contributed by atoms with E-state index in [1.54, 1.807) is 17.5 Å². The smallest absolute Gasteiger partial charge is 0.0944 e. The standard InChI is InChI=1S/C14H13N3S/c15-11(9-14-16-7-8-18-14)13-6-5-10-3-1-2-4-12(10)17-13/h1-8,11H,9,15H2. The van der Waals surface area contributed by atoms with Crippen molar-refractivity contribution in [3.8, 4) is 0 Å². The number of thiazole rings is 1. The molecule has 90 valence electrons. The molecule has 0 aliphatic rings. The Morgan fingerprint density at radius 3 is 2.89 bits per heavy atom. The van der Waals surface area contributed by atoms with Crippen molar-refractivity contribution >= 4 is 22.2 Å². The van der Waals surface area contributed by atoms with E-state index in [2.05, 4.69) is 22.1 Å². The van der Waals surface area contributed by atoms with Gasteiger partial charge in [0.2, 0.25) is 0 Å². The van der Waals surface area contributed by atoms with Crippen LogP contribution in [0.4, 0.5) is 0 Å². The number of para-hydroxylation sites is 1. The van der Waals surface area contributed by atoms with Crippen LogP contribution in [0, 0.1) is 0 Å². The number of nitrogens with two attached hydrogens (primary N) is 1. The van der Waals surface area contributed by atoms with Crippen molar-refractivity contribution < 1.29 is 0 Å². The summed E-state index contributed by atoms with van der Waals surface area (Å²) in [7, 11) is 0. The first-order chi connectivity index (χ1) is 8.83. The van der Waals surface area contributed by atoms with Crippen molar-refractivity contribution in [2.45, 2.75) is 12.5 Å². The van der Waals surface area contributed by atoms with Gasteiger partial charge in [0.05, 0.1) is 22.3 Å². The van der Waals surface area contributed by atoms with Crippen LogP contribution in [0.3, 0.4) is 0 Å². The van der Waals surface area contributed by atoms with Gasteiger partial charge in [0, 0.05) is 23.4 Å². The molecule has 2 N–H and O–H groups in total. The maximum Gasteiger partial charge on any atom is 0.0944 e. The zero-order valence-corrected chi connectivity index (χ0v) is 10.6. The lowest BCUT2D eigenvalue weighted by atomic mass is 10.1. The molecule has 3 aromatic rings. The number of hydrogen-bond acceptors (Lipinski definition) is 4. The topological polar surface area (TPSA) is 51.8 Å². The molecule has 4 heteroatoms. The van der Waals surface area contributed by atoms with E-state index in [0.717, 1.165) is 28.0 Å². The van der Waals surface area contributed by atoms with Gasteiger partial charge in [-0.3, -0.25) is 4.98 Å². The first kappa shape index (κ1) is 11.3. The fourth-order valence-corrected chi connectivity index (χ4v) is 2.61. The number of benzene rings is 1. The van der Waals surface area contributed by atoms with Gasteiger partial charge in [-0.1, -0.05) is 24.3 Å². The second kappa shape index (κ2) is 4.84. The minimum Gasteiger partial charge on any atom is -0.322 e. The van der Waals surface area contributed by atoms with Crippen LogP contribution >= 0.6 is 11.3 Å². The van der Waals surface area contributed by atoms with Crippen molar-refractivity contribution in [2.24, 2.45) is 5.73 Å². The van der Waals surface area contributed by atoms with Crippen LogP contribution in [0.2, 0.25) is 0 Å². The molecule has 0 saturated heterocycles. The molecule has 18 heavy (non-hydrogen) atoms. The summed E-state index contributed by atoms with van der Waals surface area (Å²) in [5, 5.41) is 4.16. The second-order valence-corrected chi connectivity index (χ2v) is 5.14. The van der Waals surface area contributed by atoms with Crippen LogP contribution in [-0.4, -0.2) is 9.97 Å². The summed E-state index contributed by atoms with van der Waals surface area (Å²) in [6.45, 7) is 0. The number of rotatable bonds is 3. The molecular formula is C14H13N3S. The number of pyridine rings is 1. The summed E-state index contributed by atoms with van der Waals surface area (Å²) in [6.07, 6.45) is 2.55. The lowest BCUT2D eigenvalue weighted by molar-refractivity contribution is 0.697. The highest BCUT2D eigenvalue weighted by Gasteiger charge is 2.10. The first-order valence-corrected chi connectivity index (χ1v) is 6.70. The third-order valence-electron chi connectivity index (χ3n) is 2.88. The van der Waals surface area contributed by atoms with Crippen LogP contribution in [0.15, 0.2) is 48.0 Å². The fourth-order valence-electron chi connectivity index (χ4n) is 1.93. The highest BCUT2D eigenvalue weighted by Crippen LogP contribution is 2.19. The minimum atomic E-state index is -0.0965. The summed E-state index contributed by atoms with van der Waals surface area (Å²) >= 11 is 1.63. The number of fused-ring (bicyclic) bond motifs is 1. The summed E-state index contributed by atoms with van der Waals surface area (Å²) in [5.41, 5.74) is 8.09. The van der Waals surface area contributed by atoms with Crippen molar-refractivity contribution in [3.05, 3.63) is 58.7 Å². The second-order valence-electron chi connectivity index (χ2n) is 4.17. The molecule has 0 aliphatic heterocycles. The predicted octanol–water partition coefficient (Wildman–Crippen LogP) is 2.93. The molecule has 2 aromatic heterocycles. The summed E-state index contributed by atoms with van der Waals surface area (Å²) in [6, 6.07) is 12.0. The van der Waals surface area contributed by atoms with Gasteiger partial charge in [-0.05, 0) is 12.1 Å². The zero-order chi connectivity index (χ0) is 12.4. The minimum absolute atomic E-state index is 0.0965. The Hall–Kier alpha value is -1.78. The molecule has 0 amide bonds. The summed E-state index contributed by atoms with van der Waals surface area (Å²) in [4.78, 5) is 8.86. The van der Waals surface area contributed by atoms with Crippen LogP contribution in [0.1, 0.15) is 16.7 Å². The molecule has 0 bridgehead atoms. The Balaban J connectivity index is 1.89. The van der Waals surface area contributed by atoms with E-state index in [9.17, 15) is 0 Å². The molecule has 0 saturated carbocycles. The largest absolute Gasteiger partial charge is 0.322 e. The van der Waals surface area contributed by atoms with Gasteiger partial charge in [-0.25, -0.2) is 4.98 Å². The molecule has 3 nitrogen and oxygen atoms in total. The number of nitrogens with zero attached hydrogens (tertiary/aromatic N) is 2. The van der Waals surface area contributed by atoms with Crippen LogP contribution in [0.5, 0.6) is 0 Å². The molecule has 1 atom stereocenters. The highest BCUT2D eigenvalue weighted by molar-refractivity contribution is 7.09. The van der Waals surface area contributed by atoms with Crippen molar-refractivity contribution in [3.63, 3.8) is 0 Å². The highest BCUT2D eigenvalue weighted by atomic mass is 32.1. The van der Waals surface area contributed by atoms with E-state index in [0.29, 0.717) is 0 Å². The lowest BCUT2D eigenvalue weighted by Crippen LogP contribution is -2.14. The Kier molecular flexibility index (Phi) is 3.04. The molecular weight excluding hydrogens is 242 g/mol. The average Bonchev–Trinajstić information content (AvgIpc) is 2.91. The molecule has 2 heterocycles. The third kappa shape index (κ3) is 2.25. The molecule has 0 aliphatic carbocycles. The van der Waals surface area contributed by atoms with E-state index in [1.165, 1.54) is 0 Å². The van der Waals surface area contributed by atoms with Gasteiger partial charge in [0.1, 0.15) is 0 Å². The van der Waals surface area contributed by atoms with E-state index >= 15 is 0 Å². The van der Waals surface area contributed by atoms with E-state index in [4.69, 9.17) is 5.73 Å². The normalized spacial score (nSPS) is 12.7. The summed E-state index contributed by atoms with van der Waals surface area (Å²) in [5.74, 6) is 0. The fraction of sp³-hybridized carbons (Fsp3) is 0.143. The van der Waals surface area contributed by atoms with E-state index in [1.807, 2.05) is 29.6 Å². The molecule has 1 aromatic carbocycles. The van der Waals surface area contributed by atoms with Crippen LogP contribution in [-0.2, 0) is 6.42 Å². The molecule has 0 radical (unpaired) electrons.